The van der Waals surface area contributed by atoms with Crippen molar-refractivity contribution in [3.63, 3.8) is 0 Å². The van der Waals surface area contributed by atoms with Gasteiger partial charge in [0.05, 0.1) is 33.9 Å². The maximum absolute atomic E-state index is 5.38. The van der Waals surface area contributed by atoms with Crippen molar-refractivity contribution < 1.29 is 0 Å². The fourth-order valence-corrected chi connectivity index (χ4v) is 7.14. The molecule has 0 amide bonds. The molecule has 2 N–H and O–H groups in total. The van der Waals surface area contributed by atoms with Crippen molar-refractivity contribution in [2.75, 3.05) is 0 Å². The van der Waals surface area contributed by atoms with Gasteiger partial charge in [-0.25, -0.2) is 9.97 Å². The number of nitrogens with one attached hydrogen (secondary N) is 2. The molecule has 8 bridgehead atoms. The highest BCUT2D eigenvalue weighted by atomic mass is 14.8. The van der Waals surface area contributed by atoms with Crippen molar-refractivity contribution in [2.45, 2.75) is 0 Å². The Morgan fingerprint density at radius 1 is 0.396 bits per heavy atom. The summed E-state index contributed by atoms with van der Waals surface area (Å²) in [6.45, 7) is 0. The summed E-state index contributed by atoms with van der Waals surface area (Å²) in [6, 6.07) is 50.6. The van der Waals surface area contributed by atoms with E-state index < -0.39 is 0 Å². The van der Waals surface area contributed by atoms with Gasteiger partial charge in [-0.15, -0.1) is 0 Å². The third-order valence-corrected chi connectivity index (χ3v) is 9.37. The molecule has 0 atom stereocenters. The molecule has 10 rings (SSSR count). The van der Waals surface area contributed by atoms with Crippen LogP contribution in [0.4, 0.5) is 0 Å². The number of hydrogen-bond acceptors (Lipinski definition) is 2. The van der Waals surface area contributed by atoms with E-state index in [-0.39, 0.29) is 0 Å². The Morgan fingerprint density at radius 3 is 1.48 bits per heavy atom. The topological polar surface area (TPSA) is 57.4 Å². The fourth-order valence-electron chi connectivity index (χ4n) is 7.14. The van der Waals surface area contributed by atoms with Gasteiger partial charge in [-0.05, 0) is 30.3 Å². The number of aromatic nitrogens is 4. The van der Waals surface area contributed by atoms with E-state index in [0.29, 0.717) is 0 Å². The smallest absolute Gasteiger partial charge is 0.0894 e. The molecule has 0 unspecified atom stereocenters. The minimum Gasteiger partial charge on any atom is -0.354 e. The predicted octanol–water partition coefficient (Wildman–Crippen LogP) is 10.7. The molecule has 0 saturated heterocycles. The lowest BCUT2D eigenvalue weighted by molar-refractivity contribution is 1.39. The zero-order valence-corrected chi connectivity index (χ0v) is 25.8. The number of hydrogen-bond donors (Lipinski definition) is 2. The summed E-state index contributed by atoms with van der Waals surface area (Å²) in [6.07, 6.45) is 0. The summed E-state index contributed by atoms with van der Waals surface area (Å²) in [7, 11) is 0. The largest absolute Gasteiger partial charge is 0.354 e. The fraction of sp³-hybridized carbons (Fsp3) is 0. The van der Waals surface area contributed by atoms with Crippen LogP contribution < -0.4 is 0 Å². The second kappa shape index (κ2) is 10.4. The molecule has 222 valence electrons. The number of benzene rings is 5. The molecule has 5 aromatic carbocycles. The summed E-state index contributed by atoms with van der Waals surface area (Å²) >= 11 is 0. The van der Waals surface area contributed by atoms with E-state index in [0.717, 1.165) is 99.8 Å². The van der Waals surface area contributed by atoms with E-state index in [9.17, 15) is 0 Å². The second-order valence-corrected chi connectivity index (χ2v) is 12.2. The van der Waals surface area contributed by atoms with Gasteiger partial charge in [0.2, 0.25) is 0 Å². The van der Waals surface area contributed by atoms with Crippen LogP contribution in [0.25, 0.3) is 88.6 Å². The van der Waals surface area contributed by atoms with Gasteiger partial charge in [-0.3, -0.25) is 0 Å². The summed E-state index contributed by atoms with van der Waals surface area (Å²) in [5.41, 5.74) is 13.7. The normalized spacial score (nSPS) is 11.6. The summed E-state index contributed by atoms with van der Waals surface area (Å²) in [5.74, 6) is 7.05. The molecule has 0 radical (unpaired) electrons. The van der Waals surface area contributed by atoms with Crippen LogP contribution in [0.1, 0.15) is 11.1 Å². The van der Waals surface area contributed by atoms with Gasteiger partial charge in [-0.1, -0.05) is 127 Å². The van der Waals surface area contributed by atoms with Crippen LogP contribution in [0.15, 0.2) is 146 Å². The van der Waals surface area contributed by atoms with Gasteiger partial charge in [0.1, 0.15) is 0 Å². The molecule has 3 aromatic heterocycles. The van der Waals surface area contributed by atoms with Crippen LogP contribution in [0.2, 0.25) is 0 Å². The molecule has 2 aliphatic rings. The first-order valence-electron chi connectivity index (χ1n) is 16.1. The van der Waals surface area contributed by atoms with Crippen LogP contribution in [-0.4, -0.2) is 19.9 Å². The Bertz CT molecular complexity index is 2840. The zero-order valence-electron chi connectivity index (χ0n) is 25.8. The van der Waals surface area contributed by atoms with E-state index in [1.807, 2.05) is 30.3 Å². The van der Waals surface area contributed by atoms with E-state index in [2.05, 4.69) is 137 Å². The summed E-state index contributed by atoms with van der Waals surface area (Å²) in [4.78, 5) is 18.2. The number of aromatic amines is 2. The highest BCUT2D eigenvalue weighted by Crippen LogP contribution is 2.41. The molecule has 48 heavy (non-hydrogen) atoms. The van der Waals surface area contributed by atoms with Crippen molar-refractivity contribution in [1.29, 1.82) is 0 Å². The van der Waals surface area contributed by atoms with Crippen molar-refractivity contribution >= 4 is 43.6 Å². The maximum Gasteiger partial charge on any atom is 0.0894 e. The Kier molecular flexibility index (Phi) is 5.75. The second-order valence-electron chi connectivity index (χ2n) is 12.2. The molecule has 8 aromatic rings. The third kappa shape index (κ3) is 4.12. The van der Waals surface area contributed by atoms with Crippen LogP contribution >= 0.6 is 0 Å². The SMILES string of the molecule is C(#Cc1c2nc(cc3[nH]c(cc4nc(cc5[nH]c1c1ccccc51)-c1ccccc1-4)c1ccccc31)-c1ccccc1-2)c1ccccc1. The zero-order chi connectivity index (χ0) is 31.6. The molecular formula is C44H26N4. The lowest BCUT2D eigenvalue weighted by Crippen LogP contribution is -1.85. The van der Waals surface area contributed by atoms with Gasteiger partial charge >= 0.3 is 0 Å². The lowest BCUT2D eigenvalue weighted by Gasteiger charge is -2.01. The highest BCUT2D eigenvalue weighted by molar-refractivity contribution is 6.11. The number of rotatable bonds is 0. The summed E-state index contributed by atoms with van der Waals surface area (Å²) < 4.78 is 0. The number of fused-ring (bicyclic) bond motifs is 20. The van der Waals surface area contributed by atoms with Crippen molar-refractivity contribution in [2.24, 2.45) is 0 Å². The van der Waals surface area contributed by atoms with Crippen molar-refractivity contribution in [3.05, 3.63) is 157 Å². The molecule has 4 nitrogen and oxygen atoms in total. The van der Waals surface area contributed by atoms with Crippen LogP contribution in [0.5, 0.6) is 0 Å². The average Bonchev–Trinajstić information content (AvgIpc) is 3.88. The lowest BCUT2D eigenvalue weighted by atomic mass is 10.0. The number of H-pyrrole nitrogens is 2. The standard InChI is InChI=1S/C44H26N4/c1-2-12-27(13-3-1)22-23-36-43-34-20-10-8-18-32(34)41(47-43)25-39-30-16-6-4-14-28(30)37(45-39)24-38-29-15-5-7-17-31(29)40(46-38)26-42-33-19-9-11-21-35(33)44(36)48-42/h1-21,24-26,45,48H. The molecule has 5 heterocycles. The third-order valence-electron chi connectivity index (χ3n) is 9.37. The van der Waals surface area contributed by atoms with Crippen molar-refractivity contribution in [1.82, 2.24) is 19.9 Å². The maximum atomic E-state index is 5.38. The first-order chi connectivity index (χ1) is 23.8. The molecular weight excluding hydrogens is 585 g/mol. The monoisotopic (exact) mass is 610 g/mol. The van der Waals surface area contributed by atoms with Gasteiger partial charge in [0, 0.05) is 65.9 Å². The first-order valence-corrected chi connectivity index (χ1v) is 16.1. The van der Waals surface area contributed by atoms with Gasteiger partial charge in [-0.2, -0.15) is 0 Å². The van der Waals surface area contributed by atoms with Gasteiger partial charge in [0.25, 0.3) is 0 Å². The Balaban J connectivity index is 1.44. The molecule has 0 spiro atoms. The van der Waals surface area contributed by atoms with Crippen LogP contribution in [0.3, 0.4) is 0 Å². The van der Waals surface area contributed by atoms with Gasteiger partial charge < -0.3 is 9.97 Å². The minimum absolute atomic E-state index is 0.851. The molecule has 2 aliphatic heterocycles. The van der Waals surface area contributed by atoms with E-state index in [4.69, 9.17) is 9.97 Å². The van der Waals surface area contributed by atoms with Gasteiger partial charge in [0.15, 0.2) is 0 Å². The predicted molar refractivity (Wildman–Crippen MR) is 197 cm³/mol. The Hall–Kier alpha value is -6.70. The van der Waals surface area contributed by atoms with Crippen LogP contribution in [0, 0.1) is 11.8 Å². The Morgan fingerprint density at radius 2 is 0.854 bits per heavy atom. The van der Waals surface area contributed by atoms with E-state index >= 15 is 0 Å². The molecule has 4 heteroatoms. The number of nitrogens with zero attached hydrogens (tertiary/aromatic N) is 2. The van der Waals surface area contributed by atoms with E-state index in [1.165, 1.54) is 0 Å². The molecule has 0 aliphatic carbocycles. The highest BCUT2D eigenvalue weighted by Gasteiger charge is 2.22. The average molecular weight is 611 g/mol. The van der Waals surface area contributed by atoms with E-state index in [1.54, 1.807) is 0 Å². The molecule has 0 saturated carbocycles. The summed E-state index contributed by atoms with van der Waals surface area (Å²) in [5, 5.41) is 4.47. The minimum atomic E-state index is 0.851. The van der Waals surface area contributed by atoms with Crippen molar-refractivity contribution in [3.8, 4) is 56.9 Å². The quantitative estimate of drug-likeness (QED) is 0.168. The first kappa shape index (κ1) is 26.5. The molecule has 0 fully saturated rings. The Labute approximate surface area is 276 Å². The van der Waals surface area contributed by atoms with Crippen LogP contribution in [-0.2, 0) is 0 Å².